The van der Waals surface area contributed by atoms with E-state index in [1.165, 1.54) is 57.8 Å². The molecule has 0 aromatic heterocycles. The van der Waals surface area contributed by atoms with Crippen LogP contribution in [0.4, 0.5) is 0 Å². The second-order valence-corrected chi connectivity index (χ2v) is 6.01. The van der Waals surface area contributed by atoms with E-state index in [9.17, 15) is 0 Å². The quantitative estimate of drug-likeness (QED) is 0.714. The molecule has 3 atom stereocenters. The van der Waals surface area contributed by atoms with E-state index in [1.54, 1.807) is 0 Å². The molecule has 3 unspecified atom stereocenters. The van der Waals surface area contributed by atoms with Crippen molar-refractivity contribution in [1.82, 2.24) is 5.32 Å². The van der Waals surface area contributed by atoms with Gasteiger partial charge in [-0.25, -0.2) is 0 Å². The zero-order chi connectivity index (χ0) is 11.4. The lowest BCUT2D eigenvalue weighted by Crippen LogP contribution is -2.44. The average molecular weight is 223 g/mol. The molecule has 2 aliphatic carbocycles. The van der Waals surface area contributed by atoms with Crippen molar-refractivity contribution in [3.63, 3.8) is 0 Å². The van der Waals surface area contributed by atoms with Gasteiger partial charge < -0.3 is 5.32 Å². The topological polar surface area (TPSA) is 12.0 Å². The minimum atomic E-state index is 0.810. The first-order valence-corrected chi connectivity index (χ1v) is 7.59. The molecule has 0 aliphatic heterocycles. The maximum absolute atomic E-state index is 3.98. The van der Waals surface area contributed by atoms with Crippen molar-refractivity contribution < 1.29 is 0 Å². The molecule has 16 heavy (non-hydrogen) atoms. The Hall–Kier alpha value is -0.0400. The first-order valence-electron chi connectivity index (χ1n) is 7.59. The van der Waals surface area contributed by atoms with Crippen LogP contribution in [0.5, 0.6) is 0 Å². The van der Waals surface area contributed by atoms with Gasteiger partial charge in [-0.2, -0.15) is 0 Å². The third-order valence-electron chi connectivity index (χ3n) is 4.69. The lowest BCUT2D eigenvalue weighted by Gasteiger charge is -2.34. The van der Waals surface area contributed by atoms with Gasteiger partial charge in [-0.15, -0.1) is 0 Å². The molecule has 0 radical (unpaired) electrons. The van der Waals surface area contributed by atoms with Gasteiger partial charge >= 0.3 is 0 Å². The molecule has 2 saturated carbocycles. The molecule has 0 aromatic carbocycles. The summed E-state index contributed by atoms with van der Waals surface area (Å²) < 4.78 is 0. The van der Waals surface area contributed by atoms with Gasteiger partial charge in [0.15, 0.2) is 0 Å². The fourth-order valence-electron chi connectivity index (χ4n) is 3.33. The minimum absolute atomic E-state index is 0.810. The summed E-state index contributed by atoms with van der Waals surface area (Å²) in [6.07, 6.45) is 13.0. The zero-order valence-electron chi connectivity index (χ0n) is 11.2. The smallest absolute Gasteiger partial charge is 0.00978 e. The molecule has 0 heterocycles. The summed E-state index contributed by atoms with van der Waals surface area (Å²) >= 11 is 0. The van der Waals surface area contributed by atoms with E-state index in [-0.39, 0.29) is 0 Å². The highest BCUT2D eigenvalue weighted by Crippen LogP contribution is 2.35. The first kappa shape index (κ1) is 12.4. The molecule has 1 nitrogen and oxygen atoms in total. The van der Waals surface area contributed by atoms with Crippen molar-refractivity contribution in [2.45, 2.75) is 83.7 Å². The Morgan fingerprint density at radius 3 is 2.44 bits per heavy atom. The minimum Gasteiger partial charge on any atom is -0.311 e. The summed E-state index contributed by atoms with van der Waals surface area (Å²) in [6.45, 7) is 4.72. The van der Waals surface area contributed by atoms with Crippen molar-refractivity contribution in [2.24, 2.45) is 11.8 Å². The molecular formula is C15H29N. The summed E-state index contributed by atoms with van der Waals surface area (Å²) in [4.78, 5) is 0. The Bertz CT molecular complexity index is 198. The Balaban J connectivity index is 1.79. The lowest BCUT2D eigenvalue weighted by molar-refractivity contribution is 0.228. The Morgan fingerprint density at radius 1 is 1.06 bits per heavy atom. The van der Waals surface area contributed by atoms with Gasteiger partial charge in [-0.3, -0.25) is 0 Å². The van der Waals surface area contributed by atoms with E-state index in [2.05, 4.69) is 19.2 Å². The van der Waals surface area contributed by atoms with Crippen LogP contribution in [-0.2, 0) is 0 Å². The zero-order valence-corrected chi connectivity index (χ0v) is 11.2. The van der Waals surface area contributed by atoms with Gasteiger partial charge in [-0.05, 0) is 37.5 Å². The molecule has 2 aliphatic rings. The van der Waals surface area contributed by atoms with E-state index in [0.717, 1.165) is 23.9 Å². The van der Waals surface area contributed by atoms with Crippen LogP contribution in [0, 0.1) is 11.8 Å². The Kier molecular flexibility index (Phi) is 4.69. The van der Waals surface area contributed by atoms with Crippen molar-refractivity contribution >= 4 is 0 Å². The second kappa shape index (κ2) is 6.05. The molecule has 0 spiro atoms. The monoisotopic (exact) mass is 223 g/mol. The highest BCUT2D eigenvalue weighted by molar-refractivity contribution is 4.86. The maximum Gasteiger partial charge on any atom is 0.00978 e. The van der Waals surface area contributed by atoms with Gasteiger partial charge in [0.25, 0.3) is 0 Å². The largest absolute Gasteiger partial charge is 0.311 e. The lowest BCUT2D eigenvalue weighted by atomic mass is 9.82. The number of hydrogen-bond acceptors (Lipinski definition) is 1. The van der Waals surface area contributed by atoms with Crippen LogP contribution in [0.15, 0.2) is 0 Å². The average Bonchev–Trinajstić information content (AvgIpc) is 3.13. The summed E-state index contributed by atoms with van der Waals surface area (Å²) in [5.41, 5.74) is 0. The second-order valence-electron chi connectivity index (χ2n) is 6.01. The molecule has 1 heteroatoms. The van der Waals surface area contributed by atoms with Gasteiger partial charge in [0.2, 0.25) is 0 Å². The van der Waals surface area contributed by atoms with E-state index in [1.807, 2.05) is 0 Å². The summed E-state index contributed by atoms with van der Waals surface area (Å²) in [5.74, 6) is 2.03. The SMILES string of the molecule is CCC(CC1CC1)NC1CCCCC1CC. The molecule has 0 saturated heterocycles. The summed E-state index contributed by atoms with van der Waals surface area (Å²) in [5, 5.41) is 3.98. The molecule has 2 rings (SSSR count). The van der Waals surface area contributed by atoms with Crippen molar-refractivity contribution in [3.8, 4) is 0 Å². The number of nitrogens with one attached hydrogen (secondary N) is 1. The molecule has 2 fully saturated rings. The molecular weight excluding hydrogens is 194 g/mol. The van der Waals surface area contributed by atoms with Crippen LogP contribution >= 0.6 is 0 Å². The highest BCUT2D eigenvalue weighted by Gasteiger charge is 2.29. The van der Waals surface area contributed by atoms with Crippen LogP contribution in [0.3, 0.4) is 0 Å². The Morgan fingerprint density at radius 2 is 1.81 bits per heavy atom. The van der Waals surface area contributed by atoms with Crippen molar-refractivity contribution in [2.75, 3.05) is 0 Å². The van der Waals surface area contributed by atoms with Gasteiger partial charge in [-0.1, -0.05) is 46.0 Å². The molecule has 0 aromatic rings. The first-order chi connectivity index (χ1) is 7.83. The van der Waals surface area contributed by atoms with E-state index < -0.39 is 0 Å². The number of rotatable bonds is 6. The summed E-state index contributed by atoms with van der Waals surface area (Å²) in [7, 11) is 0. The highest BCUT2D eigenvalue weighted by atomic mass is 15.0. The third kappa shape index (κ3) is 3.48. The molecule has 0 bridgehead atoms. The van der Waals surface area contributed by atoms with Crippen molar-refractivity contribution in [3.05, 3.63) is 0 Å². The van der Waals surface area contributed by atoms with E-state index >= 15 is 0 Å². The third-order valence-corrected chi connectivity index (χ3v) is 4.69. The van der Waals surface area contributed by atoms with Crippen LogP contribution in [-0.4, -0.2) is 12.1 Å². The fourth-order valence-corrected chi connectivity index (χ4v) is 3.33. The van der Waals surface area contributed by atoms with Crippen LogP contribution < -0.4 is 5.32 Å². The van der Waals surface area contributed by atoms with E-state index in [0.29, 0.717) is 0 Å². The predicted molar refractivity (Wildman–Crippen MR) is 70.6 cm³/mol. The normalized spacial score (nSPS) is 32.6. The fraction of sp³-hybridized carbons (Fsp3) is 1.00. The molecule has 1 N–H and O–H groups in total. The van der Waals surface area contributed by atoms with Gasteiger partial charge in [0.05, 0.1) is 0 Å². The summed E-state index contributed by atoms with van der Waals surface area (Å²) in [6, 6.07) is 1.65. The van der Waals surface area contributed by atoms with Crippen LogP contribution in [0.2, 0.25) is 0 Å². The van der Waals surface area contributed by atoms with Gasteiger partial charge in [0, 0.05) is 12.1 Å². The predicted octanol–water partition coefficient (Wildman–Crippen LogP) is 4.12. The Labute approximate surface area is 101 Å². The van der Waals surface area contributed by atoms with Gasteiger partial charge in [0.1, 0.15) is 0 Å². The van der Waals surface area contributed by atoms with E-state index in [4.69, 9.17) is 0 Å². The van der Waals surface area contributed by atoms with Crippen molar-refractivity contribution in [1.29, 1.82) is 0 Å². The standard InChI is InChI=1S/C15H29N/c1-3-13-7-5-6-8-15(13)16-14(4-2)11-12-9-10-12/h12-16H,3-11H2,1-2H3. The molecule has 94 valence electrons. The molecule has 0 amide bonds. The van der Waals surface area contributed by atoms with Crippen LogP contribution in [0.25, 0.3) is 0 Å². The maximum atomic E-state index is 3.98. The number of hydrogen-bond donors (Lipinski definition) is 1. The van der Waals surface area contributed by atoms with Crippen LogP contribution in [0.1, 0.15) is 71.6 Å².